The highest BCUT2D eigenvalue weighted by Gasteiger charge is 2.36. The third kappa shape index (κ3) is 5.66. The second kappa shape index (κ2) is 11.2. The van der Waals surface area contributed by atoms with E-state index in [0.717, 1.165) is 32.5 Å². The van der Waals surface area contributed by atoms with Crippen LogP contribution in [-0.4, -0.2) is 40.4 Å². The SMILES string of the molecule is CC(Oc1nc(C2(CCCN3CCCC3)C=CC=C(C(N)=O)C2)cnc1N)c1c(Cl)ccc(F)c1Cl. The zero-order valence-corrected chi connectivity index (χ0v) is 21.7. The fourth-order valence-electron chi connectivity index (χ4n) is 4.93. The van der Waals surface area contributed by atoms with Gasteiger partial charge in [-0.3, -0.25) is 4.79 Å². The molecule has 0 radical (unpaired) electrons. The second-order valence-electron chi connectivity index (χ2n) is 9.36. The number of likely N-dealkylation sites (tertiary alicyclic amines) is 1. The van der Waals surface area contributed by atoms with E-state index >= 15 is 0 Å². The second-order valence-corrected chi connectivity index (χ2v) is 10.1. The van der Waals surface area contributed by atoms with Crippen molar-refractivity contribution in [1.82, 2.24) is 14.9 Å². The molecular weight excluding hydrogens is 504 g/mol. The third-order valence-corrected chi connectivity index (χ3v) is 7.60. The van der Waals surface area contributed by atoms with Crippen LogP contribution >= 0.6 is 23.2 Å². The summed E-state index contributed by atoms with van der Waals surface area (Å²) >= 11 is 12.4. The molecule has 0 spiro atoms. The van der Waals surface area contributed by atoms with Crippen molar-refractivity contribution in [1.29, 1.82) is 0 Å². The molecule has 10 heteroatoms. The molecule has 2 aromatic rings. The Balaban J connectivity index is 1.63. The van der Waals surface area contributed by atoms with Gasteiger partial charge in [-0.25, -0.2) is 14.4 Å². The fraction of sp³-hybridized carbons (Fsp3) is 0.423. The van der Waals surface area contributed by atoms with Crippen LogP contribution in [0, 0.1) is 5.82 Å². The van der Waals surface area contributed by atoms with Crippen molar-refractivity contribution in [3.8, 4) is 5.88 Å². The molecule has 1 fully saturated rings. The number of nitrogens with two attached hydrogens (primary N) is 2. The van der Waals surface area contributed by atoms with Crippen LogP contribution in [0.1, 0.15) is 56.4 Å². The first-order valence-corrected chi connectivity index (χ1v) is 12.8. The maximum Gasteiger partial charge on any atom is 0.258 e. The predicted octanol–water partition coefficient (Wildman–Crippen LogP) is 5.13. The van der Waals surface area contributed by atoms with Crippen LogP contribution in [0.4, 0.5) is 10.2 Å². The number of carbonyl (C=O) groups is 1. The number of benzene rings is 1. The van der Waals surface area contributed by atoms with Gasteiger partial charge in [-0.2, -0.15) is 0 Å². The lowest BCUT2D eigenvalue weighted by molar-refractivity contribution is -0.114. The minimum Gasteiger partial charge on any atom is -0.467 e. The van der Waals surface area contributed by atoms with Crippen molar-refractivity contribution in [2.75, 3.05) is 25.4 Å². The van der Waals surface area contributed by atoms with Gasteiger partial charge >= 0.3 is 0 Å². The first-order chi connectivity index (χ1) is 17.2. The van der Waals surface area contributed by atoms with Gasteiger partial charge in [0.1, 0.15) is 11.9 Å². The minimum atomic E-state index is -0.748. The Morgan fingerprint density at radius 3 is 2.78 bits per heavy atom. The lowest BCUT2D eigenvalue weighted by atomic mass is 9.72. The van der Waals surface area contributed by atoms with Crippen molar-refractivity contribution >= 4 is 34.9 Å². The average molecular weight is 534 g/mol. The van der Waals surface area contributed by atoms with Gasteiger partial charge in [0.25, 0.3) is 5.88 Å². The molecule has 36 heavy (non-hydrogen) atoms. The van der Waals surface area contributed by atoms with E-state index in [-0.39, 0.29) is 21.7 Å². The summed E-state index contributed by atoms with van der Waals surface area (Å²) in [6, 6.07) is 2.62. The van der Waals surface area contributed by atoms with Crippen LogP contribution in [-0.2, 0) is 10.2 Å². The number of rotatable bonds is 9. The zero-order chi connectivity index (χ0) is 25.9. The Morgan fingerprint density at radius 1 is 1.31 bits per heavy atom. The Labute approximate surface area is 220 Å². The highest BCUT2D eigenvalue weighted by Crippen LogP contribution is 2.41. The molecule has 1 aromatic carbocycles. The van der Waals surface area contributed by atoms with E-state index in [4.69, 9.17) is 44.4 Å². The highest BCUT2D eigenvalue weighted by molar-refractivity contribution is 6.36. The van der Waals surface area contributed by atoms with E-state index in [9.17, 15) is 9.18 Å². The largest absolute Gasteiger partial charge is 0.467 e. The normalized spacial score (nSPS) is 20.8. The lowest BCUT2D eigenvalue weighted by Crippen LogP contribution is -2.32. The fourth-order valence-corrected chi connectivity index (χ4v) is 5.60. The Hall–Kier alpha value is -2.68. The minimum absolute atomic E-state index is 0.0759. The van der Waals surface area contributed by atoms with Gasteiger partial charge in [0.05, 0.1) is 16.9 Å². The molecule has 4 N–H and O–H groups in total. The van der Waals surface area contributed by atoms with Crippen LogP contribution in [0.5, 0.6) is 5.88 Å². The van der Waals surface area contributed by atoms with Crippen molar-refractivity contribution in [3.05, 3.63) is 69.3 Å². The Morgan fingerprint density at radius 2 is 2.06 bits per heavy atom. The summed E-state index contributed by atoms with van der Waals surface area (Å²) in [6.45, 7) is 4.86. The molecule has 2 atom stereocenters. The Bertz CT molecular complexity index is 1200. The number of nitrogens with zero attached hydrogens (tertiary/aromatic N) is 3. The quantitative estimate of drug-likeness (QED) is 0.432. The van der Waals surface area contributed by atoms with E-state index in [2.05, 4.69) is 9.88 Å². The smallest absolute Gasteiger partial charge is 0.258 e. The van der Waals surface area contributed by atoms with Crippen molar-refractivity contribution in [2.24, 2.45) is 5.73 Å². The molecule has 0 bridgehead atoms. The predicted molar refractivity (Wildman–Crippen MR) is 140 cm³/mol. The van der Waals surface area contributed by atoms with Gasteiger partial charge in [0.2, 0.25) is 5.91 Å². The van der Waals surface area contributed by atoms with Gasteiger partial charge < -0.3 is 21.1 Å². The molecular formula is C26H30Cl2FN5O2. The number of nitrogen functional groups attached to an aromatic ring is 1. The van der Waals surface area contributed by atoms with E-state index in [1.165, 1.54) is 25.0 Å². The van der Waals surface area contributed by atoms with Gasteiger partial charge in [-0.15, -0.1) is 0 Å². The van der Waals surface area contributed by atoms with Crippen LogP contribution in [0.3, 0.4) is 0 Å². The number of hydrogen-bond donors (Lipinski definition) is 2. The number of allylic oxidation sites excluding steroid dienone is 3. The molecule has 4 rings (SSSR count). The van der Waals surface area contributed by atoms with E-state index in [1.807, 2.05) is 12.2 Å². The number of halogens is 3. The highest BCUT2D eigenvalue weighted by atomic mass is 35.5. The van der Waals surface area contributed by atoms with E-state index in [1.54, 1.807) is 19.2 Å². The van der Waals surface area contributed by atoms with Crippen LogP contribution in [0.2, 0.25) is 10.0 Å². The first-order valence-electron chi connectivity index (χ1n) is 12.0. The first kappa shape index (κ1) is 26.4. The van der Waals surface area contributed by atoms with E-state index in [0.29, 0.717) is 23.3 Å². The lowest BCUT2D eigenvalue weighted by Gasteiger charge is -2.33. The molecule has 1 aliphatic heterocycles. The van der Waals surface area contributed by atoms with Crippen LogP contribution < -0.4 is 16.2 Å². The number of aromatic nitrogens is 2. The number of ether oxygens (including phenoxy) is 1. The summed E-state index contributed by atoms with van der Waals surface area (Å²) in [5.74, 6) is -0.910. The summed E-state index contributed by atoms with van der Waals surface area (Å²) in [5, 5.41) is 0.143. The number of primary amides is 1. The number of carbonyl (C=O) groups excluding carboxylic acids is 1. The van der Waals surface area contributed by atoms with Gasteiger partial charge in [0, 0.05) is 21.6 Å². The maximum atomic E-state index is 14.1. The molecule has 192 valence electrons. The Kier molecular flexibility index (Phi) is 8.17. The molecule has 2 heterocycles. The summed E-state index contributed by atoms with van der Waals surface area (Å²) in [7, 11) is 0. The van der Waals surface area contributed by atoms with Crippen molar-refractivity contribution in [3.63, 3.8) is 0 Å². The summed E-state index contributed by atoms with van der Waals surface area (Å²) in [6.07, 6.45) is 11.0. The topological polar surface area (TPSA) is 107 Å². The standard InChI is InChI=1S/C26H30Cl2FN5O2/c1-16(21-18(27)7-8-19(29)22(21)28)36-25-23(30)32-15-20(33-25)26(9-4-6-17(14-26)24(31)35)10-5-13-34-11-2-3-12-34/h4,6-9,15-16H,2-3,5,10-14H2,1H3,(H2,30,32)(H2,31,35). The summed E-state index contributed by atoms with van der Waals surface area (Å²) in [4.78, 5) is 23.6. The van der Waals surface area contributed by atoms with Crippen LogP contribution in [0.25, 0.3) is 0 Å². The average Bonchev–Trinajstić information content (AvgIpc) is 3.37. The summed E-state index contributed by atoms with van der Waals surface area (Å²) < 4.78 is 20.1. The van der Waals surface area contributed by atoms with Crippen molar-refractivity contribution < 1.29 is 13.9 Å². The number of anilines is 1. The maximum absolute atomic E-state index is 14.1. The molecule has 1 aromatic heterocycles. The van der Waals surface area contributed by atoms with Crippen LogP contribution in [0.15, 0.2) is 42.1 Å². The molecule has 7 nitrogen and oxygen atoms in total. The van der Waals surface area contributed by atoms with Gasteiger partial charge in [0.15, 0.2) is 5.82 Å². The van der Waals surface area contributed by atoms with Crippen molar-refractivity contribution in [2.45, 2.75) is 50.5 Å². The molecule has 0 saturated carbocycles. The number of amides is 1. The third-order valence-electron chi connectivity index (χ3n) is 6.88. The molecule has 1 saturated heterocycles. The number of hydrogen-bond acceptors (Lipinski definition) is 6. The molecule has 2 unspecified atom stereocenters. The zero-order valence-electron chi connectivity index (χ0n) is 20.1. The molecule has 1 amide bonds. The summed E-state index contributed by atoms with van der Waals surface area (Å²) in [5.41, 5.74) is 12.6. The monoisotopic (exact) mass is 533 g/mol. The van der Waals surface area contributed by atoms with E-state index < -0.39 is 23.2 Å². The van der Waals surface area contributed by atoms with Gasteiger partial charge in [-0.05, 0) is 70.8 Å². The van der Waals surface area contributed by atoms with Gasteiger partial charge in [-0.1, -0.05) is 41.4 Å². The molecule has 2 aliphatic rings. The molecule has 1 aliphatic carbocycles.